The standard InChI is InChI=1S/C25H27FN4O5/c1-2-5-17(27)24(32)28-13-8-9-29(11-13)21-16(26)10-14-20-23(21)35-19-7-4-3-6-18(19)30(20)12-15(22(14)31)25(33)34/h3-4,6-7,10,12-13,17,21,23H,2,5,8-9,11,27H2,1H3,(H,28,32)(H,33,34)/t13?,17-,21?,23?/m0/s1. The van der Waals surface area contributed by atoms with E-state index in [0.29, 0.717) is 43.1 Å². The van der Waals surface area contributed by atoms with Gasteiger partial charge in [-0.15, -0.1) is 0 Å². The largest absolute Gasteiger partial charge is 0.480 e. The molecule has 1 saturated heterocycles. The molecule has 1 aromatic carbocycles. The number of benzene rings is 1. The van der Waals surface area contributed by atoms with Gasteiger partial charge in [-0.3, -0.25) is 14.5 Å². The van der Waals surface area contributed by atoms with E-state index in [1.807, 2.05) is 11.8 Å². The molecule has 4 atom stereocenters. The molecule has 1 amide bonds. The van der Waals surface area contributed by atoms with Gasteiger partial charge in [0.15, 0.2) is 6.10 Å². The van der Waals surface area contributed by atoms with Crippen LogP contribution in [0.25, 0.3) is 11.8 Å². The van der Waals surface area contributed by atoms with E-state index in [9.17, 15) is 19.5 Å². The van der Waals surface area contributed by atoms with Gasteiger partial charge >= 0.3 is 5.97 Å². The minimum Gasteiger partial charge on any atom is -0.480 e. The zero-order chi connectivity index (χ0) is 24.9. The lowest BCUT2D eigenvalue weighted by atomic mass is 9.90. The first-order valence-corrected chi connectivity index (χ1v) is 11.8. The van der Waals surface area contributed by atoms with E-state index in [2.05, 4.69) is 5.32 Å². The minimum atomic E-state index is -1.38. The third-order valence-electron chi connectivity index (χ3n) is 6.91. The van der Waals surface area contributed by atoms with Crippen LogP contribution in [-0.2, 0) is 4.79 Å². The van der Waals surface area contributed by atoms with Crippen LogP contribution < -0.4 is 21.2 Å². The molecule has 10 heteroatoms. The van der Waals surface area contributed by atoms with E-state index in [1.54, 1.807) is 28.8 Å². The summed E-state index contributed by atoms with van der Waals surface area (Å²) in [5, 5.41) is 12.5. The van der Waals surface area contributed by atoms with Gasteiger partial charge in [0.05, 0.1) is 17.4 Å². The fraction of sp³-hybridized carbons (Fsp3) is 0.400. The van der Waals surface area contributed by atoms with E-state index in [-0.39, 0.29) is 17.5 Å². The second-order valence-corrected chi connectivity index (χ2v) is 9.21. The maximum Gasteiger partial charge on any atom is 0.341 e. The molecule has 4 N–H and O–H groups in total. The predicted molar refractivity (Wildman–Crippen MR) is 126 cm³/mol. The number of ether oxygens (including phenoxy) is 1. The van der Waals surface area contributed by atoms with Gasteiger partial charge in [-0.2, -0.15) is 0 Å². The van der Waals surface area contributed by atoms with Crippen LogP contribution in [0.5, 0.6) is 5.75 Å². The Balaban J connectivity index is 1.51. The van der Waals surface area contributed by atoms with Gasteiger partial charge in [-0.05, 0) is 31.1 Å². The SMILES string of the molecule is CCC[C@H](N)C(=O)NC1CCN(C2C(F)=Cc3c4n(cc(C(=O)O)c3=O)-c3ccccc3OC42)C1. The smallest absolute Gasteiger partial charge is 0.341 e. The lowest BCUT2D eigenvalue weighted by molar-refractivity contribution is -0.123. The molecule has 35 heavy (non-hydrogen) atoms. The Hall–Kier alpha value is -3.50. The van der Waals surface area contributed by atoms with Gasteiger partial charge in [0.25, 0.3) is 0 Å². The number of rotatable bonds is 6. The Labute approximate surface area is 201 Å². The van der Waals surface area contributed by atoms with E-state index in [1.165, 1.54) is 6.20 Å². The molecule has 1 aromatic heterocycles. The van der Waals surface area contributed by atoms with Crippen molar-refractivity contribution in [2.45, 2.75) is 50.4 Å². The summed E-state index contributed by atoms with van der Waals surface area (Å²) >= 11 is 0. The van der Waals surface area contributed by atoms with Crippen LogP contribution in [-0.4, -0.2) is 57.7 Å². The van der Waals surface area contributed by atoms with Gasteiger partial charge in [0, 0.05) is 30.9 Å². The first kappa shape index (κ1) is 23.3. The van der Waals surface area contributed by atoms with E-state index < -0.39 is 41.0 Å². The van der Waals surface area contributed by atoms with Crippen LogP contribution in [0.15, 0.2) is 41.1 Å². The van der Waals surface area contributed by atoms with Gasteiger partial charge < -0.3 is 25.5 Å². The fourth-order valence-corrected chi connectivity index (χ4v) is 5.23. The summed E-state index contributed by atoms with van der Waals surface area (Å²) in [5.74, 6) is -1.72. The van der Waals surface area contributed by atoms with Crippen LogP contribution in [0, 0.1) is 0 Å². The molecule has 3 unspecified atom stereocenters. The molecule has 2 aromatic rings. The highest BCUT2D eigenvalue weighted by Crippen LogP contribution is 2.44. The number of nitrogens with one attached hydrogen (secondary N) is 1. The molecular formula is C25H27FN4O5. The van der Waals surface area contributed by atoms with Gasteiger partial charge in [-0.1, -0.05) is 25.5 Å². The summed E-state index contributed by atoms with van der Waals surface area (Å²) in [6, 6.07) is 5.44. The number of nitrogens with zero attached hydrogens (tertiary/aromatic N) is 2. The molecule has 2 aliphatic heterocycles. The Kier molecular flexibility index (Phi) is 5.94. The molecule has 0 saturated carbocycles. The van der Waals surface area contributed by atoms with Crippen LogP contribution in [0.1, 0.15) is 53.9 Å². The number of fused-ring (bicyclic) bond motifs is 2. The highest BCUT2D eigenvalue weighted by Gasteiger charge is 2.45. The number of carbonyl (C=O) groups excluding carboxylic acids is 1. The van der Waals surface area contributed by atoms with Gasteiger partial charge in [0.1, 0.15) is 23.2 Å². The third kappa shape index (κ3) is 3.92. The molecule has 0 spiro atoms. The molecular weight excluding hydrogens is 455 g/mol. The molecule has 1 fully saturated rings. The highest BCUT2D eigenvalue weighted by molar-refractivity contribution is 5.88. The number of nitrogens with two attached hydrogens (primary N) is 1. The average molecular weight is 483 g/mol. The second-order valence-electron chi connectivity index (χ2n) is 9.21. The predicted octanol–water partition coefficient (Wildman–Crippen LogP) is 1.98. The van der Waals surface area contributed by atoms with Crippen molar-refractivity contribution < 1.29 is 23.8 Å². The van der Waals surface area contributed by atoms with Crippen LogP contribution in [0.2, 0.25) is 0 Å². The Bertz CT molecular complexity index is 1290. The minimum absolute atomic E-state index is 0.0206. The van der Waals surface area contributed by atoms with Crippen molar-refractivity contribution in [3.8, 4) is 11.4 Å². The molecule has 3 aliphatic rings. The number of pyridine rings is 1. The Morgan fingerprint density at radius 2 is 2.11 bits per heavy atom. The number of para-hydroxylation sites is 2. The normalized spacial score (nSPS) is 23.5. The monoisotopic (exact) mass is 482 g/mol. The Morgan fingerprint density at radius 1 is 1.34 bits per heavy atom. The van der Waals surface area contributed by atoms with Crippen molar-refractivity contribution in [1.29, 1.82) is 0 Å². The maximum atomic E-state index is 15.6. The van der Waals surface area contributed by atoms with Crippen molar-refractivity contribution in [1.82, 2.24) is 14.8 Å². The molecule has 184 valence electrons. The topological polar surface area (TPSA) is 127 Å². The number of carboxylic acids is 1. The quantitative estimate of drug-likeness (QED) is 0.575. The van der Waals surface area contributed by atoms with Crippen molar-refractivity contribution in [3.05, 3.63) is 63.3 Å². The second kappa shape index (κ2) is 8.94. The number of aromatic nitrogens is 1. The fourth-order valence-electron chi connectivity index (χ4n) is 5.23. The zero-order valence-corrected chi connectivity index (χ0v) is 19.2. The summed E-state index contributed by atoms with van der Waals surface area (Å²) in [6.45, 7) is 2.86. The summed E-state index contributed by atoms with van der Waals surface area (Å²) < 4.78 is 23.5. The maximum absolute atomic E-state index is 15.6. The van der Waals surface area contributed by atoms with Crippen LogP contribution in [0.4, 0.5) is 4.39 Å². The third-order valence-corrected chi connectivity index (χ3v) is 6.91. The number of aromatic carboxylic acids is 1. The van der Waals surface area contributed by atoms with Crippen molar-refractivity contribution in [3.63, 3.8) is 0 Å². The molecule has 1 aliphatic carbocycles. The number of halogens is 1. The molecule has 0 bridgehead atoms. The summed E-state index contributed by atoms with van der Waals surface area (Å²) in [5.41, 5.74) is 5.72. The summed E-state index contributed by atoms with van der Waals surface area (Å²) in [4.78, 5) is 39.0. The molecule has 9 nitrogen and oxygen atoms in total. The number of hydrogen-bond acceptors (Lipinski definition) is 6. The van der Waals surface area contributed by atoms with Gasteiger partial charge in [0.2, 0.25) is 11.3 Å². The summed E-state index contributed by atoms with van der Waals surface area (Å²) in [6.07, 6.45) is 3.56. The zero-order valence-electron chi connectivity index (χ0n) is 19.2. The average Bonchev–Trinajstić information content (AvgIpc) is 3.28. The van der Waals surface area contributed by atoms with Crippen LogP contribution in [0.3, 0.4) is 0 Å². The molecule has 3 heterocycles. The van der Waals surface area contributed by atoms with Gasteiger partial charge in [-0.25, -0.2) is 9.18 Å². The number of hydrogen-bond donors (Lipinski definition) is 3. The number of amides is 1. The van der Waals surface area contributed by atoms with E-state index in [0.717, 1.165) is 12.5 Å². The lowest BCUT2D eigenvalue weighted by Gasteiger charge is -2.41. The first-order valence-electron chi connectivity index (χ1n) is 11.8. The van der Waals surface area contributed by atoms with Crippen molar-refractivity contribution in [2.75, 3.05) is 13.1 Å². The molecule has 0 radical (unpaired) electrons. The van der Waals surface area contributed by atoms with E-state index in [4.69, 9.17) is 10.5 Å². The summed E-state index contributed by atoms with van der Waals surface area (Å²) in [7, 11) is 0. The van der Waals surface area contributed by atoms with Crippen molar-refractivity contribution >= 4 is 18.0 Å². The van der Waals surface area contributed by atoms with Crippen molar-refractivity contribution in [2.24, 2.45) is 5.73 Å². The number of carboxylic acid groups (broad SMARTS) is 1. The number of likely N-dealkylation sites (tertiary alicyclic amines) is 1. The molecule has 5 rings (SSSR count). The lowest BCUT2D eigenvalue weighted by Crippen LogP contribution is -2.49. The number of carbonyl (C=O) groups is 2. The first-order chi connectivity index (χ1) is 16.8. The van der Waals surface area contributed by atoms with Crippen LogP contribution >= 0.6 is 0 Å². The Morgan fingerprint density at radius 3 is 2.86 bits per heavy atom. The van der Waals surface area contributed by atoms with E-state index >= 15 is 4.39 Å². The highest BCUT2D eigenvalue weighted by atomic mass is 19.1.